The molecule has 0 saturated heterocycles. The first-order valence-electron chi connectivity index (χ1n) is 8.96. The number of hydrogen-bond acceptors (Lipinski definition) is 6. The summed E-state index contributed by atoms with van der Waals surface area (Å²) in [6, 6.07) is 9.21. The molecular formula is C20H18FN3O4S2. The molecule has 30 heavy (non-hydrogen) atoms. The van der Waals surface area contributed by atoms with E-state index in [4.69, 9.17) is 4.74 Å². The molecule has 3 aromatic rings. The molecule has 0 bridgehead atoms. The molecule has 1 aliphatic rings. The number of benzene rings is 2. The second-order valence-corrected chi connectivity index (χ2v) is 9.74. The largest absolute Gasteiger partial charge is 0.482 e. The van der Waals surface area contributed by atoms with Crippen LogP contribution in [0.3, 0.4) is 0 Å². The standard InChI is InChI=1S/C20H18FN3O4S2/c1-11-4-6-14(21)17(8-11)30(26,27)23-20-22-19(12(2)29-20)13-5-7-16-15(9-13)24(3)18(25)10-28-16/h4-9H,10H2,1-3H3,(H,22,23). The number of aryl methyl sites for hydroxylation is 2. The molecule has 156 valence electrons. The van der Waals surface area contributed by atoms with Gasteiger partial charge in [0.2, 0.25) is 0 Å². The molecule has 0 atom stereocenters. The average molecular weight is 448 g/mol. The Kier molecular flexibility index (Phi) is 4.99. The number of nitrogens with one attached hydrogen (secondary N) is 1. The summed E-state index contributed by atoms with van der Waals surface area (Å²) < 4.78 is 47.2. The summed E-state index contributed by atoms with van der Waals surface area (Å²) in [5.41, 5.74) is 2.51. The number of halogens is 1. The molecule has 1 amide bonds. The van der Waals surface area contributed by atoms with E-state index in [1.165, 1.54) is 17.0 Å². The van der Waals surface area contributed by atoms with Gasteiger partial charge in [-0.25, -0.2) is 17.8 Å². The Morgan fingerprint density at radius 1 is 1.20 bits per heavy atom. The van der Waals surface area contributed by atoms with E-state index >= 15 is 0 Å². The van der Waals surface area contributed by atoms with Crippen LogP contribution in [0.5, 0.6) is 5.75 Å². The fourth-order valence-corrected chi connectivity index (χ4v) is 5.35. The minimum Gasteiger partial charge on any atom is -0.482 e. The molecule has 0 aliphatic carbocycles. The average Bonchev–Trinajstić information content (AvgIpc) is 3.05. The summed E-state index contributed by atoms with van der Waals surface area (Å²) >= 11 is 1.14. The normalized spacial score (nSPS) is 13.7. The minimum absolute atomic E-state index is 0.0139. The summed E-state index contributed by atoms with van der Waals surface area (Å²) in [7, 11) is -2.47. The molecular weight excluding hydrogens is 429 g/mol. The highest BCUT2D eigenvalue weighted by molar-refractivity contribution is 7.93. The van der Waals surface area contributed by atoms with Gasteiger partial charge >= 0.3 is 0 Å². The molecule has 0 saturated carbocycles. The van der Waals surface area contributed by atoms with Crippen molar-refractivity contribution in [2.75, 3.05) is 23.3 Å². The Labute approximate surface area is 177 Å². The lowest BCUT2D eigenvalue weighted by atomic mass is 10.1. The number of aromatic nitrogens is 1. The quantitative estimate of drug-likeness (QED) is 0.659. The van der Waals surface area contributed by atoms with Crippen LogP contribution in [-0.2, 0) is 14.8 Å². The van der Waals surface area contributed by atoms with Gasteiger partial charge in [-0.2, -0.15) is 0 Å². The molecule has 2 heterocycles. The number of thiazole rings is 1. The number of ether oxygens (including phenoxy) is 1. The lowest BCUT2D eigenvalue weighted by molar-refractivity contribution is -0.120. The van der Waals surface area contributed by atoms with Crippen molar-refractivity contribution in [1.29, 1.82) is 0 Å². The van der Waals surface area contributed by atoms with Gasteiger partial charge in [0, 0.05) is 17.5 Å². The molecule has 2 aromatic carbocycles. The van der Waals surface area contributed by atoms with Gasteiger partial charge in [0.05, 0.1) is 11.4 Å². The van der Waals surface area contributed by atoms with Crippen LogP contribution in [0, 0.1) is 19.7 Å². The summed E-state index contributed by atoms with van der Waals surface area (Å²) in [4.78, 5) is 18.1. The molecule has 10 heteroatoms. The maximum absolute atomic E-state index is 14.1. The lowest BCUT2D eigenvalue weighted by Gasteiger charge is -2.26. The van der Waals surface area contributed by atoms with Crippen molar-refractivity contribution in [2.24, 2.45) is 0 Å². The van der Waals surface area contributed by atoms with Gasteiger partial charge in [0.15, 0.2) is 11.7 Å². The van der Waals surface area contributed by atoms with Crippen molar-refractivity contribution < 1.29 is 22.3 Å². The summed E-state index contributed by atoms with van der Waals surface area (Å²) in [6.07, 6.45) is 0. The Balaban J connectivity index is 1.68. The number of carbonyl (C=O) groups excluding carboxylic acids is 1. The summed E-state index contributed by atoms with van der Waals surface area (Å²) in [5.74, 6) is -0.406. The highest BCUT2D eigenvalue weighted by atomic mass is 32.2. The third kappa shape index (κ3) is 3.63. The molecule has 1 aliphatic heterocycles. The maximum atomic E-state index is 14.1. The first-order chi connectivity index (χ1) is 14.2. The maximum Gasteiger partial charge on any atom is 0.266 e. The Morgan fingerprint density at radius 2 is 1.97 bits per heavy atom. The van der Waals surface area contributed by atoms with Crippen LogP contribution in [-0.4, -0.2) is 33.0 Å². The predicted molar refractivity (Wildman–Crippen MR) is 113 cm³/mol. The van der Waals surface area contributed by atoms with E-state index in [0.717, 1.165) is 22.3 Å². The van der Waals surface area contributed by atoms with Crippen LogP contribution < -0.4 is 14.4 Å². The molecule has 0 spiro atoms. The van der Waals surface area contributed by atoms with Crippen LogP contribution >= 0.6 is 11.3 Å². The van der Waals surface area contributed by atoms with Gasteiger partial charge in [0.25, 0.3) is 15.9 Å². The van der Waals surface area contributed by atoms with E-state index in [0.29, 0.717) is 28.3 Å². The van der Waals surface area contributed by atoms with Crippen molar-refractivity contribution in [1.82, 2.24) is 4.98 Å². The van der Waals surface area contributed by atoms with Crippen LogP contribution in [0.25, 0.3) is 11.3 Å². The van der Waals surface area contributed by atoms with Gasteiger partial charge in [0.1, 0.15) is 16.5 Å². The zero-order chi connectivity index (χ0) is 21.6. The number of amides is 1. The van der Waals surface area contributed by atoms with Gasteiger partial charge in [-0.1, -0.05) is 6.07 Å². The van der Waals surface area contributed by atoms with Gasteiger partial charge in [-0.05, 0) is 49.7 Å². The number of sulfonamides is 1. The number of anilines is 2. The fraction of sp³-hybridized carbons (Fsp3) is 0.200. The van der Waals surface area contributed by atoms with Crippen molar-refractivity contribution >= 4 is 38.1 Å². The minimum atomic E-state index is -4.13. The van der Waals surface area contributed by atoms with Crippen molar-refractivity contribution in [3.63, 3.8) is 0 Å². The van der Waals surface area contributed by atoms with Crippen LogP contribution in [0.1, 0.15) is 10.4 Å². The van der Waals surface area contributed by atoms with Crippen LogP contribution in [0.15, 0.2) is 41.3 Å². The number of fused-ring (bicyclic) bond motifs is 1. The monoisotopic (exact) mass is 447 g/mol. The van der Waals surface area contributed by atoms with Crippen LogP contribution in [0.4, 0.5) is 15.2 Å². The molecule has 1 aromatic heterocycles. The van der Waals surface area contributed by atoms with Crippen molar-refractivity contribution in [2.45, 2.75) is 18.7 Å². The molecule has 0 radical (unpaired) electrons. The topological polar surface area (TPSA) is 88.6 Å². The zero-order valence-electron chi connectivity index (χ0n) is 16.4. The van der Waals surface area contributed by atoms with E-state index in [1.807, 2.05) is 6.92 Å². The fourth-order valence-electron chi connectivity index (χ4n) is 3.11. The third-order valence-corrected chi connectivity index (χ3v) is 7.08. The molecule has 4 rings (SSSR count). The van der Waals surface area contributed by atoms with Gasteiger partial charge in [-0.3, -0.25) is 9.52 Å². The van der Waals surface area contributed by atoms with E-state index < -0.39 is 20.7 Å². The summed E-state index contributed by atoms with van der Waals surface area (Å²) in [6.45, 7) is 3.48. The van der Waals surface area contributed by atoms with E-state index in [2.05, 4.69) is 9.71 Å². The number of rotatable bonds is 4. The summed E-state index contributed by atoms with van der Waals surface area (Å²) in [5, 5.41) is 0.127. The molecule has 7 nitrogen and oxygen atoms in total. The first-order valence-corrected chi connectivity index (χ1v) is 11.3. The third-order valence-electron chi connectivity index (χ3n) is 4.71. The predicted octanol–water partition coefficient (Wildman–Crippen LogP) is 3.72. The Bertz CT molecular complexity index is 1270. The zero-order valence-corrected chi connectivity index (χ0v) is 18.0. The van der Waals surface area contributed by atoms with Crippen molar-refractivity contribution in [3.8, 4) is 17.0 Å². The highest BCUT2D eigenvalue weighted by Crippen LogP contribution is 2.38. The van der Waals surface area contributed by atoms with Crippen LogP contribution in [0.2, 0.25) is 0 Å². The highest BCUT2D eigenvalue weighted by Gasteiger charge is 2.25. The van der Waals surface area contributed by atoms with Gasteiger partial charge in [-0.15, -0.1) is 11.3 Å². The van der Waals surface area contributed by atoms with Gasteiger partial charge < -0.3 is 9.64 Å². The Morgan fingerprint density at radius 3 is 2.73 bits per heavy atom. The molecule has 0 unspecified atom stereocenters. The molecule has 1 N–H and O–H groups in total. The van der Waals surface area contributed by atoms with E-state index in [9.17, 15) is 17.6 Å². The van der Waals surface area contributed by atoms with E-state index in [-0.39, 0.29) is 17.6 Å². The smallest absolute Gasteiger partial charge is 0.266 e. The second kappa shape index (κ2) is 7.37. The van der Waals surface area contributed by atoms with E-state index in [1.54, 1.807) is 32.2 Å². The Hall–Kier alpha value is -2.98. The van der Waals surface area contributed by atoms with Crippen molar-refractivity contribution in [3.05, 3.63) is 52.7 Å². The number of hydrogen-bond donors (Lipinski definition) is 1. The number of nitrogens with zero attached hydrogens (tertiary/aromatic N) is 2. The lowest BCUT2D eigenvalue weighted by Crippen LogP contribution is -2.35. The SMILES string of the molecule is Cc1ccc(F)c(S(=O)(=O)Nc2nc(-c3ccc4c(c3)N(C)C(=O)CO4)c(C)s2)c1. The second-order valence-electron chi connectivity index (χ2n) is 6.89. The number of carbonyl (C=O) groups is 1. The molecule has 0 fully saturated rings. The first kappa shape index (κ1) is 20.3. The number of likely N-dealkylation sites (N-methyl/N-ethyl adjacent to an activating group) is 1.